The molecule has 0 radical (unpaired) electrons. The molecule has 1 aromatic heterocycles. The van der Waals surface area contributed by atoms with E-state index >= 15 is 0 Å². The number of aryl methyl sites for hydroxylation is 1. The van der Waals surface area contributed by atoms with Crippen molar-refractivity contribution in [2.75, 3.05) is 0 Å². The first-order valence-corrected chi connectivity index (χ1v) is 6.14. The lowest BCUT2D eigenvalue weighted by molar-refractivity contribution is 0.735. The van der Waals surface area contributed by atoms with Crippen LogP contribution in [0.4, 0.5) is 0 Å². The fourth-order valence-electron chi connectivity index (χ4n) is 1.71. The van der Waals surface area contributed by atoms with E-state index in [-0.39, 0.29) is 0 Å². The Morgan fingerprint density at radius 1 is 1.31 bits per heavy atom. The van der Waals surface area contributed by atoms with Crippen LogP contribution in [0.3, 0.4) is 0 Å². The molecule has 1 heterocycles. The number of aromatic nitrogens is 2. The maximum atomic E-state index is 4.36. The molecule has 16 heavy (non-hydrogen) atoms. The molecular formula is C14H22N2. The van der Waals surface area contributed by atoms with Gasteiger partial charge < -0.3 is 0 Å². The van der Waals surface area contributed by atoms with Gasteiger partial charge in [0, 0.05) is 18.6 Å². The van der Waals surface area contributed by atoms with Crippen molar-refractivity contribution in [2.45, 2.75) is 40.0 Å². The van der Waals surface area contributed by atoms with Crippen LogP contribution in [0.5, 0.6) is 0 Å². The molecule has 2 rings (SSSR count). The van der Waals surface area contributed by atoms with Gasteiger partial charge in [-0.1, -0.05) is 33.8 Å². The zero-order valence-electron chi connectivity index (χ0n) is 11.0. The van der Waals surface area contributed by atoms with Gasteiger partial charge in [0.05, 0.1) is 5.52 Å². The predicted octanol–water partition coefficient (Wildman–Crippen LogP) is 4.11. The Morgan fingerprint density at radius 2 is 2.00 bits per heavy atom. The van der Waals surface area contributed by atoms with Crippen LogP contribution >= 0.6 is 0 Å². The van der Waals surface area contributed by atoms with E-state index in [1.807, 2.05) is 25.6 Å². The molecular weight excluding hydrogens is 196 g/mol. The van der Waals surface area contributed by atoms with Crippen LogP contribution in [-0.4, -0.2) is 9.78 Å². The highest BCUT2D eigenvalue weighted by Gasteiger charge is 2.05. The monoisotopic (exact) mass is 218 g/mol. The van der Waals surface area contributed by atoms with Gasteiger partial charge in [-0.25, -0.2) is 0 Å². The van der Waals surface area contributed by atoms with E-state index in [0.717, 1.165) is 5.52 Å². The summed E-state index contributed by atoms with van der Waals surface area (Å²) in [6.07, 6.45) is 3.26. The van der Waals surface area contributed by atoms with Gasteiger partial charge >= 0.3 is 0 Å². The second-order valence-electron chi connectivity index (χ2n) is 3.93. The number of rotatable bonds is 2. The Hall–Kier alpha value is -1.31. The van der Waals surface area contributed by atoms with E-state index in [9.17, 15) is 0 Å². The van der Waals surface area contributed by atoms with Crippen LogP contribution in [0.2, 0.25) is 0 Å². The number of hydrogen-bond acceptors (Lipinski definition) is 1. The summed E-state index contributed by atoms with van der Waals surface area (Å²) in [7, 11) is 1.96. The van der Waals surface area contributed by atoms with Crippen molar-refractivity contribution in [3.63, 3.8) is 0 Å². The summed E-state index contributed by atoms with van der Waals surface area (Å²) in [4.78, 5) is 0. The molecule has 88 valence electrons. The molecule has 1 atom stereocenters. The van der Waals surface area contributed by atoms with Gasteiger partial charge in [-0.2, -0.15) is 5.10 Å². The van der Waals surface area contributed by atoms with Gasteiger partial charge in [0.25, 0.3) is 0 Å². The number of nitrogens with zero attached hydrogens (tertiary/aromatic N) is 2. The molecule has 2 heteroatoms. The lowest BCUT2D eigenvalue weighted by Crippen LogP contribution is -1.89. The van der Waals surface area contributed by atoms with Crippen molar-refractivity contribution in [1.82, 2.24) is 9.78 Å². The first-order valence-electron chi connectivity index (χ1n) is 6.14. The summed E-state index contributed by atoms with van der Waals surface area (Å²) in [5, 5.41) is 5.60. The van der Waals surface area contributed by atoms with Crippen molar-refractivity contribution >= 4 is 10.9 Å². The minimum absolute atomic E-state index is 0.639. The third-order valence-electron chi connectivity index (χ3n) is 2.82. The Balaban J connectivity index is 0.000000606. The molecule has 2 aromatic rings. The molecule has 0 saturated carbocycles. The third kappa shape index (κ3) is 2.63. The van der Waals surface area contributed by atoms with Gasteiger partial charge in [0.1, 0.15) is 0 Å². The second-order valence-corrected chi connectivity index (χ2v) is 3.93. The summed E-state index contributed by atoms with van der Waals surface area (Å²) in [5.41, 5.74) is 2.49. The summed E-state index contributed by atoms with van der Waals surface area (Å²) in [6, 6.07) is 6.54. The van der Waals surface area contributed by atoms with Crippen molar-refractivity contribution in [2.24, 2.45) is 7.05 Å². The second kappa shape index (κ2) is 5.69. The average Bonchev–Trinajstić information content (AvgIpc) is 2.69. The summed E-state index contributed by atoms with van der Waals surface area (Å²) < 4.78 is 1.87. The lowest BCUT2D eigenvalue weighted by atomic mass is 9.98. The van der Waals surface area contributed by atoms with E-state index in [1.54, 1.807) is 0 Å². The Labute approximate surface area is 98.3 Å². The molecule has 0 spiro atoms. The Kier molecular flexibility index (Phi) is 4.53. The zero-order chi connectivity index (χ0) is 12.1. The minimum Gasteiger partial charge on any atom is -0.275 e. The van der Waals surface area contributed by atoms with Crippen molar-refractivity contribution in [1.29, 1.82) is 0 Å². The highest BCUT2D eigenvalue weighted by atomic mass is 15.2. The number of benzene rings is 1. The van der Waals surface area contributed by atoms with Gasteiger partial charge in [-0.15, -0.1) is 0 Å². The van der Waals surface area contributed by atoms with E-state index in [1.165, 1.54) is 17.4 Å². The molecule has 0 fully saturated rings. The van der Waals surface area contributed by atoms with E-state index in [0.29, 0.717) is 5.92 Å². The highest BCUT2D eigenvalue weighted by molar-refractivity contribution is 5.78. The molecule has 0 bridgehead atoms. The van der Waals surface area contributed by atoms with Gasteiger partial charge in [0.2, 0.25) is 0 Å². The largest absolute Gasteiger partial charge is 0.275 e. The van der Waals surface area contributed by atoms with Gasteiger partial charge in [-0.05, 0) is 30.0 Å². The molecule has 0 N–H and O–H groups in total. The normalized spacial score (nSPS) is 12.1. The lowest BCUT2D eigenvalue weighted by Gasteiger charge is -2.07. The van der Waals surface area contributed by atoms with Crippen molar-refractivity contribution in [3.05, 3.63) is 30.0 Å². The van der Waals surface area contributed by atoms with E-state index in [2.05, 4.69) is 43.3 Å². The van der Waals surface area contributed by atoms with Crippen molar-refractivity contribution in [3.8, 4) is 0 Å². The zero-order valence-corrected chi connectivity index (χ0v) is 11.0. The molecule has 1 aromatic carbocycles. The first kappa shape index (κ1) is 12.8. The average molecular weight is 218 g/mol. The molecule has 0 aliphatic heterocycles. The Bertz CT molecular complexity index is 443. The molecule has 2 nitrogen and oxygen atoms in total. The predicted molar refractivity (Wildman–Crippen MR) is 70.8 cm³/mol. The highest BCUT2D eigenvalue weighted by Crippen LogP contribution is 2.22. The molecule has 0 aliphatic rings. The first-order chi connectivity index (χ1) is 7.70. The quantitative estimate of drug-likeness (QED) is 0.741. The molecule has 0 amide bonds. The van der Waals surface area contributed by atoms with E-state index in [4.69, 9.17) is 0 Å². The SMILES string of the molecule is CC.CCC(C)c1ccc2nn(C)cc2c1. The van der Waals surface area contributed by atoms with Crippen LogP contribution in [0, 0.1) is 0 Å². The maximum absolute atomic E-state index is 4.36. The molecule has 1 unspecified atom stereocenters. The summed E-state index contributed by atoms with van der Waals surface area (Å²) in [5.74, 6) is 0.639. The van der Waals surface area contributed by atoms with Crippen molar-refractivity contribution < 1.29 is 0 Å². The van der Waals surface area contributed by atoms with Crippen LogP contribution in [0.15, 0.2) is 24.4 Å². The molecule has 0 aliphatic carbocycles. The summed E-state index contributed by atoms with van der Waals surface area (Å²) in [6.45, 7) is 8.48. The standard InChI is InChI=1S/C12H16N2.C2H6/c1-4-9(2)10-5-6-12-11(7-10)8-14(3)13-12;1-2/h5-9H,4H2,1-3H3;1-2H3. The summed E-state index contributed by atoms with van der Waals surface area (Å²) >= 11 is 0. The topological polar surface area (TPSA) is 17.8 Å². The van der Waals surface area contributed by atoms with Crippen LogP contribution in [0.25, 0.3) is 10.9 Å². The third-order valence-corrected chi connectivity index (χ3v) is 2.82. The number of hydrogen-bond donors (Lipinski definition) is 0. The fraction of sp³-hybridized carbons (Fsp3) is 0.500. The van der Waals surface area contributed by atoms with Gasteiger partial charge in [0.15, 0.2) is 0 Å². The Morgan fingerprint density at radius 3 is 2.62 bits per heavy atom. The fourth-order valence-corrected chi connectivity index (χ4v) is 1.71. The smallest absolute Gasteiger partial charge is 0.0923 e. The van der Waals surface area contributed by atoms with Crippen LogP contribution in [0.1, 0.15) is 45.6 Å². The van der Waals surface area contributed by atoms with Crippen LogP contribution < -0.4 is 0 Å². The molecule has 0 saturated heterocycles. The van der Waals surface area contributed by atoms with Gasteiger partial charge in [-0.3, -0.25) is 4.68 Å². The maximum Gasteiger partial charge on any atom is 0.0923 e. The van der Waals surface area contributed by atoms with Crippen LogP contribution in [-0.2, 0) is 7.05 Å². The van der Waals surface area contributed by atoms with E-state index < -0.39 is 0 Å². The minimum atomic E-state index is 0.639. The number of fused-ring (bicyclic) bond motifs is 1.